The average Bonchev–Trinajstić information content (AvgIpc) is 3.04. The standard InChI is InChI=1S/C21H27BrN2O2/c1-3-17-14(8-10-19(25)26-2)20-15-12-13(22)7-9-16(15)23-21(20)18-6-4-5-11-24(17)18/h7,9,12,14,17-18,23H,3-6,8,10-11H2,1-2H3. The zero-order valence-electron chi connectivity index (χ0n) is 15.6. The molecule has 1 fully saturated rings. The number of methoxy groups -OCH3 is 1. The molecule has 140 valence electrons. The van der Waals surface area contributed by atoms with Crippen molar-refractivity contribution in [3.63, 3.8) is 0 Å². The van der Waals surface area contributed by atoms with Crippen LogP contribution in [0.3, 0.4) is 0 Å². The van der Waals surface area contributed by atoms with E-state index in [-0.39, 0.29) is 5.97 Å². The Morgan fingerprint density at radius 2 is 2.23 bits per heavy atom. The summed E-state index contributed by atoms with van der Waals surface area (Å²) in [5, 5.41) is 1.31. The summed E-state index contributed by atoms with van der Waals surface area (Å²) in [5.74, 6) is 0.259. The van der Waals surface area contributed by atoms with Gasteiger partial charge < -0.3 is 9.72 Å². The minimum absolute atomic E-state index is 0.108. The maximum Gasteiger partial charge on any atom is 0.305 e. The molecule has 5 heteroatoms. The van der Waals surface area contributed by atoms with Gasteiger partial charge in [0, 0.05) is 39.5 Å². The molecule has 2 aromatic rings. The largest absolute Gasteiger partial charge is 0.469 e. The van der Waals surface area contributed by atoms with E-state index in [4.69, 9.17) is 4.74 Å². The number of rotatable bonds is 4. The molecule has 0 spiro atoms. The minimum Gasteiger partial charge on any atom is -0.469 e. The fourth-order valence-electron chi connectivity index (χ4n) is 5.18. The molecule has 0 aliphatic carbocycles. The van der Waals surface area contributed by atoms with Crippen molar-refractivity contribution in [2.24, 2.45) is 0 Å². The Morgan fingerprint density at radius 1 is 1.38 bits per heavy atom. The maximum atomic E-state index is 11.8. The van der Waals surface area contributed by atoms with E-state index in [9.17, 15) is 4.79 Å². The number of esters is 1. The summed E-state index contributed by atoms with van der Waals surface area (Å²) < 4.78 is 6.03. The number of nitrogens with one attached hydrogen (secondary N) is 1. The van der Waals surface area contributed by atoms with Crippen LogP contribution in [0.2, 0.25) is 0 Å². The molecule has 1 N–H and O–H groups in total. The molecule has 1 saturated heterocycles. The first-order valence-corrected chi connectivity index (χ1v) is 10.6. The first-order chi connectivity index (χ1) is 12.6. The lowest BCUT2D eigenvalue weighted by Gasteiger charge is -2.48. The van der Waals surface area contributed by atoms with Gasteiger partial charge in [-0.3, -0.25) is 9.69 Å². The lowest BCUT2D eigenvalue weighted by molar-refractivity contribution is -0.140. The highest BCUT2D eigenvalue weighted by atomic mass is 79.9. The third-order valence-electron chi connectivity index (χ3n) is 6.28. The van der Waals surface area contributed by atoms with Crippen molar-refractivity contribution < 1.29 is 9.53 Å². The summed E-state index contributed by atoms with van der Waals surface area (Å²) in [6.45, 7) is 3.45. The van der Waals surface area contributed by atoms with Gasteiger partial charge in [0.25, 0.3) is 0 Å². The maximum absolute atomic E-state index is 11.8. The number of benzene rings is 1. The van der Waals surface area contributed by atoms with Crippen LogP contribution in [-0.4, -0.2) is 35.5 Å². The molecule has 4 nitrogen and oxygen atoms in total. The quantitative estimate of drug-likeness (QED) is 0.686. The van der Waals surface area contributed by atoms with Crippen LogP contribution in [0.25, 0.3) is 10.9 Å². The predicted molar refractivity (Wildman–Crippen MR) is 107 cm³/mol. The zero-order valence-corrected chi connectivity index (χ0v) is 17.1. The number of aromatic nitrogens is 1. The van der Waals surface area contributed by atoms with Gasteiger partial charge >= 0.3 is 5.97 Å². The van der Waals surface area contributed by atoms with E-state index in [0.29, 0.717) is 24.4 Å². The van der Waals surface area contributed by atoms with E-state index >= 15 is 0 Å². The molecule has 1 aromatic heterocycles. The Hall–Kier alpha value is -1.33. The Labute approximate surface area is 163 Å². The summed E-state index contributed by atoms with van der Waals surface area (Å²) >= 11 is 3.64. The number of hydrogen-bond acceptors (Lipinski definition) is 3. The lowest BCUT2D eigenvalue weighted by atomic mass is 9.76. The van der Waals surface area contributed by atoms with E-state index in [2.05, 4.69) is 50.9 Å². The van der Waals surface area contributed by atoms with Crippen molar-refractivity contribution in [3.8, 4) is 0 Å². The molecule has 26 heavy (non-hydrogen) atoms. The van der Waals surface area contributed by atoms with E-state index in [1.807, 2.05) is 0 Å². The summed E-state index contributed by atoms with van der Waals surface area (Å²) in [7, 11) is 1.48. The SMILES string of the molecule is CCC1C(CCC(=O)OC)c2c([nH]c3ccc(Br)cc23)C2CCCCN21. The smallest absolute Gasteiger partial charge is 0.305 e. The van der Waals surface area contributed by atoms with Gasteiger partial charge in [-0.15, -0.1) is 0 Å². The summed E-state index contributed by atoms with van der Waals surface area (Å²) in [6.07, 6.45) is 6.24. The summed E-state index contributed by atoms with van der Waals surface area (Å²) in [6, 6.07) is 7.49. The number of halogens is 1. The molecule has 3 unspecified atom stereocenters. The molecule has 3 heterocycles. The highest BCUT2D eigenvalue weighted by Gasteiger charge is 2.42. The molecular formula is C21H27BrN2O2. The predicted octanol–water partition coefficient (Wildman–Crippen LogP) is 5.29. The molecule has 2 aliphatic heterocycles. The molecule has 0 saturated carbocycles. The molecule has 4 rings (SSSR count). The van der Waals surface area contributed by atoms with Crippen molar-refractivity contribution in [3.05, 3.63) is 33.9 Å². The molecule has 0 amide bonds. The third kappa shape index (κ3) is 2.99. The van der Waals surface area contributed by atoms with Crippen LogP contribution in [0.4, 0.5) is 0 Å². The van der Waals surface area contributed by atoms with Crippen LogP contribution >= 0.6 is 15.9 Å². The summed E-state index contributed by atoms with van der Waals surface area (Å²) in [5.41, 5.74) is 4.04. The first-order valence-electron chi connectivity index (χ1n) is 9.77. The lowest BCUT2D eigenvalue weighted by Crippen LogP contribution is -2.48. The highest BCUT2D eigenvalue weighted by Crippen LogP contribution is 2.49. The second-order valence-corrected chi connectivity index (χ2v) is 8.50. The van der Waals surface area contributed by atoms with Crippen LogP contribution in [0.5, 0.6) is 0 Å². The number of hydrogen-bond donors (Lipinski definition) is 1. The monoisotopic (exact) mass is 418 g/mol. The normalized spacial score (nSPS) is 25.7. The number of piperidine rings is 1. The van der Waals surface area contributed by atoms with Crippen molar-refractivity contribution in [2.75, 3.05) is 13.7 Å². The Bertz CT molecular complexity index is 816. The number of carbonyl (C=O) groups excluding carboxylic acids is 1. The number of H-pyrrole nitrogens is 1. The van der Waals surface area contributed by atoms with E-state index in [1.54, 1.807) is 0 Å². The van der Waals surface area contributed by atoms with Gasteiger partial charge in [-0.2, -0.15) is 0 Å². The van der Waals surface area contributed by atoms with Crippen LogP contribution < -0.4 is 0 Å². The first kappa shape index (κ1) is 18.1. The highest BCUT2D eigenvalue weighted by molar-refractivity contribution is 9.10. The van der Waals surface area contributed by atoms with Gasteiger partial charge in [0.1, 0.15) is 0 Å². The number of carbonyl (C=O) groups is 1. The van der Waals surface area contributed by atoms with Crippen molar-refractivity contribution >= 4 is 32.8 Å². The van der Waals surface area contributed by atoms with Crippen LogP contribution in [0, 0.1) is 0 Å². The molecule has 2 aliphatic rings. The van der Waals surface area contributed by atoms with Crippen molar-refractivity contribution in [2.45, 2.75) is 63.5 Å². The van der Waals surface area contributed by atoms with Crippen molar-refractivity contribution in [1.29, 1.82) is 0 Å². The fourth-order valence-corrected chi connectivity index (χ4v) is 5.54. The van der Waals surface area contributed by atoms with Crippen LogP contribution in [-0.2, 0) is 9.53 Å². The van der Waals surface area contributed by atoms with Crippen LogP contribution in [0.1, 0.15) is 68.7 Å². The Balaban J connectivity index is 1.84. The Morgan fingerprint density at radius 3 is 3.00 bits per heavy atom. The number of aromatic amines is 1. The van der Waals surface area contributed by atoms with Gasteiger partial charge in [-0.1, -0.05) is 29.3 Å². The van der Waals surface area contributed by atoms with Gasteiger partial charge in [-0.25, -0.2) is 0 Å². The third-order valence-corrected chi connectivity index (χ3v) is 6.77. The average molecular weight is 419 g/mol. The zero-order chi connectivity index (χ0) is 18.3. The summed E-state index contributed by atoms with van der Waals surface area (Å²) in [4.78, 5) is 18.3. The van der Waals surface area contributed by atoms with E-state index < -0.39 is 0 Å². The molecule has 1 aromatic carbocycles. The molecule has 0 radical (unpaired) electrons. The van der Waals surface area contributed by atoms with Crippen molar-refractivity contribution in [1.82, 2.24) is 9.88 Å². The second kappa shape index (κ2) is 7.35. The topological polar surface area (TPSA) is 45.3 Å². The number of ether oxygens (including phenoxy) is 1. The number of nitrogens with zero attached hydrogens (tertiary/aromatic N) is 1. The number of fused-ring (bicyclic) bond motifs is 5. The second-order valence-electron chi connectivity index (χ2n) is 7.59. The van der Waals surface area contributed by atoms with Gasteiger partial charge in [0.15, 0.2) is 0 Å². The fraction of sp³-hybridized carbons (Fsp3) is 0.571. The molecular weight excluding hydrogens is 392 g/mol. The van der Waals surface area contributed by atoms with E-state index in [1.165, 1.54) is 48.5 Å². The van der Waals surface area contributed by atoms with Gasteiger partial charge in [0.2, 0.25) is 0 Å². The van der Waals surface area contributed by atoms with Gasteiger partial charge in [0.05, 0.1) is 13.2 Å². The molecule has 0 bridgehead atoms. The van der Waals surface area contributed by atoms with E-state index in [0.717, 1.165) is 23.9 Å². The van der Waals surface area contributed by atoms with Gasteiger partial charge in [-0.05, 0) is 56.0 Å². The Kier molecular flexibility index (Phi) is 5.11. The van der Waals surface area contributed by atoms with Crippen LogP contribution in [0.15, 0.2) is 22.7 Å². The minimum atomic E-state index is -0.108. The molecule has 3 atom stereocenters.